The Labute approximate surface area is 224 Å². The molecular formula is C35H40Se. The van der Waals surface area contributed by atoms with E-state index >= 15 is 0 Å². The summed E-state index contributed by atoms with van der Waals surface area (Å²) in [6.45, 7) is 30.5. The molecule has 0 N–H and O–H groups in total. The van der Waals surface area contributed by atoms with Crippen LogP contribution in [0.3, 0.4) is 0 Å². The van der Waals surface area contributed by atoms with Gasteiger partial charge in [-0.3, -0.25) is 0 Å². The molecule has 0 atom stereocenters. The van der Waals surface area contributed by atoms with Gasteiger partial charge in [-0.15, -0.1) is 0 Å². The van der Waals surface area contributed by atoms with Crippen molar-refractivity contribution < 1.29 is 0 Å². The van der Waals surface area contributed by atoms with Gasteiger partial charge in [-0.25, -0.2) is 0 Å². The third-order valence-electron chi connectivity index (χ3n) is 9.89. The van der Waals surface area contributed by atoms with Crippen LogP contribution in [0, 0.1) is 90.0 Å². The summed E-state index contributed by atoms with van der Waals surface area (Å²) in [5, 5.41) is 2.98. The first-order valence-electron chi connectivity index (χ1n) is 13.2. The van der Waals surface area contributed by atoms with E-state index in [1.807, 2.05) is 0 Å². The molecular weight excluding hydrogens is 499 g/mol. The Kier molecular flexibility index (Phi) is 5.86. The molecule has 0 bridgehead atoms. The molecule has 1 aliphatic rings. The molecule has 4 aromatic rings. The first-order valence-corrected chi connectivity index (χ1v) is 14.9. The minimum absolute atomic E-state index is 0.230. The van der Waals surface area contributed by atoms with E-state index in [1.54, 1.807) is 8.92 Å². The number of hydrogen-bond acceptors (Lipinski definition) is 0. The van der Waals surface area contributed by atoms with E-state index < -0.39 is 0 Å². The van der Waals surface area contributed by atoms with Gasteiger partial charge in [0.15, 0.2) is 0 Å². The summed E-state index contributed by atoms with van der Waals surface area (Å²) < 4.78 is 3.18. The van der Waals surface area contributed by atoms with Gasteiger partial charge in [0, 0.05) is 0 Å². The van der Waals surface area contributed by atoms with Crippen LogP contribution in [0.1, 0.15) is 72.3 Å². The number of benzene rings is 4. The Morgan fingerprint density at radius 3 is 1.39 bits per heavy atom. The van der Waals surface area contributed by atoms with Crippen molar-refractivity contribution in [2.45, 2.75) is 90.0 Å². The second-order valence-corrected chi connectivity index (χ2v) is 13.5. The zero-order chi connectivity index (χ0) is 26.5. The Morgan fingerprint density at radius 2 is 0.806 bits per heavy atom. The molecule has 0 spiro atoms. The zero-order valence-electron chi connectivity index (χ0n) is 24.5. The Morgan fingerprint density at radius 1 is 0.361 bits per heavy atom. The van der Waals surface area contributed by atoms with E-state index in [9.17, 15) is 0 Å². The van der Waals surface area contributed by atoms with Crippen molar-refractivity contribution >= 4 is 34.7 Å². The molecule has 0 fully saturated rings. The molecule has 0 aliphatic carbocycles. The van der Waals surface area contributed by atoms with Crippen LogP contribution < -0.4 is 8.92 Å². The maximum absolute atomic E-state index is 2.51. The summed E-state index contributed by atoms with van der Waals surface area (Å²) in [6.07, 6.45) is 0. The van der Waals surface area contributed by atoms with Crippen LogP contribution in [-0.2, 0) is 0 Å². The van der Waals surface area contributed by atoms with Crippen LogP contribution in [0.2, 0.25) is 0 Å². The van der Waals surface area contributed by atoms with Gasteiger partial charge in [-0.2, -0.15) is 0 Å². The average molecular weight is 540 g/mol. The van der Waals surface area contributed by atoms with Crippen molar-refractivity contribution in [2.75, 3.05) is 0 Å². The molecule has 1 heterocycles. The number of hydrogen-bond donors (Lipinski definition) is 0. The molecule has 0 nitrogen and oxygen atoms in total. The fourth-order valence-corrected chi connectivity index (χ4v) is 9.83. The SMILES string of the molecule is Cc1cc2c(c(C)c1C)-c1c(C)c(C)c(C)c(C)c1[Se]c1c-2c(C)c2c(C)c(C)c(C)c(C)c2c1C. The normalized spacial score (nSPS) is 12.5. The minimum atomic E-state index is 0.230. The molecule has 4 aromatic carbocycles. The van der Waals surface area contributed by atoms with E-state index in [0.29, 0.717) is 0 Å². The fraction of sp³-hybridized carbons (Fsp3) is 0.371. The monoisotopic (exact) mass is 540 g/mol. The third kappa shape index (κ3) is 3.12. The molecule has 1 aliphatic heterocycles. The van der Waals surface area contributed by atoms with Crippen molar-refractivity contribution in [1.82, 2.24) is 0 Å². The molecule has 0 aromatic heterocycles. The first-order chi connectivity index (χ1) is 16.8. The first kappa shape index (κ1) is 25.3. The van der Waals surface area contributed by atoms with Gasteiger partial charge in [0.25, 0.3) is 0 Å². The Bertz CT molecular complexity index is 1660. The predicted octanol–water partition coefficient (Wildman–Crippen LogP) is 8.15. The molecule has 1 heteroatoms. The van der Waals surface area contributed by atoms with Crippen LogP contribution in [0.15, 0.2) is 6.07 Å². The van der Waals surface area contributed by atoms with E-state index in [0.717, 1.165) is 0 Å². The number of fused-ring (bicyclic) bond motifs is 6. The molecule has 0 saturated heterocycles. The van der Waals surface area contributed by atoms with E-state index in [1.165, 1.54) is 105 Å². The van der Waals surface area contributed by atoms with Crippen molar-refractivity contribution in [1.29, 1.82) is 0 Å². The predicted molar refractivity (Wildman–Crippen MR) is 161 cm³/mol. The van der Waals surface area contributed by atoms with Crippen LogP contribution in [0.4, 0.5) is 0 Å². The van der Waals surface area contributed by atoms with Crippen molar-refractivity contribution in [3.8, 4) is 22.3 Å². The van der Waals surface area contributed by atoms with Gasteiger partial charge in [0.2, 0.25) is 0 Å². The molecule has 5 rings (SSSR count). The maximum atomic E-state index is 2.51. The van der Waals surface area contributed by atoms with E-state index in [2.05, 4.69) is 96.1 Å². The summed E-state index contributed by atoms with van der Waals surface area (Å²) in [5.41, 5.74) is 24.9. The molecule has 36 heavy (non-hydrogen) atoms. The van der Waals surface area contributed by atoms with E-state index in [4.69, 9.17) is 0 Å². The zero-order valence-corrected chi connectivity index (χ0v) is 26.2. The molecule has 0 unspecified atom stereocenters. The van der Waals surface area contributed by atoms with Crippen molar-refractivity contribution in [3.63, 3.8) is 0 Å². The number of aryl methyl sites for hydroxylation is 5. The Balaban J connectivity index is 2.13. The summed E-state index contributed by atoms with van der Waals surface area (Å²) in [6, 6.07) is 2.51. The quantitative estimate of drug-likeness (QED) is 0.174. The standard InChI is InChI=1S/C35H40Se/c1-15-14-28-31(21(7)16(15)2)33-24(10)19(5)20(6)25(11)34(33)36-35-27(13)30-23(9)18(4)17(3)22(8)29(30)26(12)32(28)35/h14H,1-13H3. The molecule has 0 radical (unpaired) electrons. The third-order valence-corrected chi connectivity index (χ3v) is 12.9. The van der Waals surface area contributed by atoms with Crippen molar-refractivity contribution in [2.24, 2.45) is 0 Å². The summed E-state index contributed by atoms with van der Waals surface area (Å²) in [4.78, 5) is 0. The van der Waals surface area contributed by atoms with Crippen LogP contribution >= 0.6 is 0 Å². The average Bonchev–Trinajstić information content (AvgIpc) is 2.99. The van der Waals surface area contributed by atoms with Crippen molar-refractivity contribution in [3.05, 3.63) is 78.4 Å². The molecule has 0 saturated carbocycles. The molecule has 0 amide bonds. The molecule has 186 valence electrons. The van der Waals surface area contributed by atoms with Crippen LogP contribution in [0.5, 0.6) is 0 Å². The second kappa shape index (κ2) is 8.34. The van der Waals surface area contributed by atoms with Gasteiger partial charge in [-0.1, -0.05) is 0 Å². The number of rotatable bonds is 0. The summed E-state index contributed by atoms with van der Waals surface area (Å²) >= 11 is 0.230. The van der Waals surface area contributed by atoms with Gasteiger partial charge in [0.05, 0.1) is 0 Å². The summed E-state index contributed by atoms with van der Waals surface area (Å²) in [7, 11) is 0. The van der Waals surface area contributed by atoms with Crippen LogP contribution in [-0.4, -0.2) is 15.0 Å². The van der Waals surface area contributed by atoms with Gasteiger partial charge in [0.1, 0.15) is 0 Å². The summed E-state index contributed by atoms with van der Waals surface area (Å²) in [5.74, 6) is 0. The fourth-order valence-electron chi connectivity index (χ4n) is 6.71. The van der Waals surface area contributed by atoms with Gasteiger partial charge < -0.3 is 0 Å². The Hall–Kier alpha value is -2.34. The van der Waals surface area contributed by atoms with E-state index in [-0.39, 0.29) is 15.0 Å². The second-order valence-electron chi connectivity index (χ2n) is 11.4. The topological polar surface area (TPSA) is 0 Å². The van der Waals surface area contributed by atoms with Gasteiger partial charge in [-0.05, 0) is 0 Å². The van der Waals surface area contributed by atoms with Gasteiger partial charge >= 0.3 is 225 Å². The van der Waals surface area contributed by atoms with Crippen LogP contribution in [0.25, 0.3) is 33.0 Å².